The zero-order valence-electron chi connectivity index (χ0n) is 12.5. The summed E-state index contributed by atoms with van der Waals surface area (Å²) in [4.78, 5) is 14.0. The zero-order valence-corrected chi connectivity index (χ0v) is 16.5. The predicted octanol–water partition coefficient (Wildman–Crippen LogP) is 2.95. The smallest absolute Gasteiger partial charge is 0.289 e. The number of furan rings is 1. The number of carbonyl (C=O) groups excluding carboxylic acids is 1. The highest BCUT2D eigenvalue weighted by molar-refractivity contribution is 9.11. The SMILES string of the molecule is O=C(c1ccco1)N1CCN(S(=O)(=O)c2cc(Br)ccc2Br)CC1. The molecule has 0 spiro atoms. The first-order valence-corrected chi connectivity index (χ1v) is 10.2. The highest BCUT2D eigenvalue weighted by Crippen LogP contribution is 2.28. The Morgan fingerprint density at radius 2 is 1.79 bits per heavy atom. The number of carbonyl (C=O) groups is 1. The summed E-state index contributed by atoms with van der Waals surface area (Å²) in [6.45, 7) is 1.14. The van der Waals surface area contributed by atoms with Crippen molar-refractivity contribution < 1.29 is 17.6 Å². The Morgan fingerprint density at radius 3 is 2.42 bits per heavy atom. The predicted molar refractivity (Wildman–Crippen MR) is 95.2 cm³/mol. The molecule has 9 heteroatoms. The number of nitrogens with zero attached hydrogens (tertiary/aromatic N) is 2. The van der Waals surface area contributed by atoms with E-state index in [0.717, 1.165) is 0 Å². The third-order valence-corrected chi connectivity index (χ3v) is 7.15. The molecule has 6 nitrogen and oxygen atoms in total. The van der Waals surface area contributed by atoms with Crippen molar-refractivity contribution in [3.63, 3.8) is 0 Å². The number of hydrogen-bond acceptors (Lipinski definition) is 4. The summed E-state index contributed by atoms with van der Waals surface area (Å²) in [5.74, 6) is 0.0433. The van der Waals surface area contributed by atoms with E-state index in [4.69, 9.17) is 4.42 Å². The summed E-state index contributed by atoms with van der Waals surface area (Å²) >= 11 is 6.59. The van der Waals surface area contributed by atoms with Gasteiger partial charge in [-0.2, -0.15) is 4.31 Å². The normalized spacial score (nSPS) is 16.3. The van der Waals surface area contributed by atoms with Crippen LogP contribution in [0, 0.1) is 0 Å². The second kappa shape index (κ2) is 6.99. The standard InChI is InChI=1S/C15H14Br2N2O4S/c16-11-3-4-12(17)14(10-11)24(21,22)19-7-5-18(6-8-19)15(20)13-2-1-9-23-13/h1-4,9-10H,5-8H2. The Kier molecular flexibility index (Phi) is 5.14. The summed E-state index contributed by atoms with van der Waals surface area (Å²) in [6.07, 6.45) is 1.44. The molecule has 24 heavy (non-hydrogen) atoms. The van der Waals surface area contributed by atoms with Crippen LogP contribution in [0.15, 0.2) is 54.9 Å². The number of amides is 1. The molecular formula is C15H14Br2N2O4S. The van der Waals surface area contributed by atoms with Gasteiger partial charge in [-0.05, 0) is 46.3 Å². The third kappa shape index (κ3) is 3.44. The topological polar surface area (TPSA) is 70.8 Å². The molecule has 0 atom stereocenters. The molecule has 1 aliphatic rings. The van der Waals surface area contributed by atoms with E-state index >= 15 is 0 Å². The number of halogens is 2. The van der Waals surface area contributed by atoms with Crippen LogP contribution in [0.2, 0.25) is 0 Å². The van der Waals surface area contributed by atoms with Gasteiger partial charge in [-0.1, -0.05) is 15.9 Å². The Hall–Kier alpha value is -1.16. The Morgan fingerprint density at radius 1 is 1.08 bits per heavy atom. The average Bonchev–Trinajstić information content (AvgIpc) is 3.11. The molecule has 0 saturated carbocycles. The summed E-state index contributed by atoms with van der Waals surface area (Å²) in [6, 6.07) is 8.28. The second-order valence-corrected chi connectivity index (χ2v) is 8.92. The van der Waals surface area contributed by atoms with Crippen molar-refractivity contribution in [3.8, 4) is 0 Å². The van der Waals surface area contributed by atoms with Crippen LogP contribution in [-0.4, -0.2) is 49.7 Å². The van der Waals surface area contributed by atoms with Crippen LogP contribution >= 0.6 is 31.9 Å². The quantitative estimate of drug-likeness (QED) is 0.681. The fraction of sp³-hybridized carbons (Fsp3) is 0.267. The van der Waals surface area contributed by atoms with Crippen molar-refractivity contribution in [2.75, 3.05) is 26.2 Å². The van der Waals surface area contributed by atoms with Crippen molar-refractivity contribution in [1.82, 2.24) is 9.21 Å². The average molecular weight is 478 g/mol. The lowest BCUT2D eigenvalue weighted by molar-refractivity contribution is 0.0666. The van der Waals surface area contributed by atoms with Crippen molar-refractivity contribution in [2.24, 2.45) is 0 Å². The minimum Gasteiger partial charge on any atom is -0.459 e. The van der Waals surface area contributed by atoms with Gasteiger partial charge in [-0.3, -0.25) is 4.79 Å². The molecule has 2 aromatic rings. The summed E-state index contributed by atoms with van der Waals surface area (Å²) in [7, 11) is -3.62. The lowest BCUT2D eigenvalue weighted by atomic mass is 10.3. The fourth-order valence-electron chi connectivity index (χ4n) is 2.50. The van der Waals surface area contributed by atoms with Gasteiger partial charge in [0.15, 0.2) is 5.76 Å². The van der Waals surface area contributed by atoms with Gasteiger partial charge >= 0.3 is 0 Å². The largest absolute Gasteiger partial charge is 0.459 e. The van der Waals surface area contributed by atoms with Gasteiger partial charge < -0.3 is 9.32 Å². The van der Waals surface area contributed by atoms with E-state index in [1.165, 1.54) is 10.6 Å². The maximum atomic E-state index is 12.8. The van der Waals surface area contributed by atoms with Gasteiger partial charge in [0.1, 0.15) is 0 Å². The van der Waals surface area contributed by atoms with Gasteiger partial charge in [-0.25, -0.2) is 8.42 Å². The molecule has 1 aromatic heterocycles. The summed E-state index contributed by atoms with van der Waals surface area (Å²) < 4.78 is 33.3. The van der Waals surface area contributed by atoms with Crippen molar-refractivity contribution in [2.45, 2.75) is 4.90 Å². The van der Waals surface area contributed by atoms with Crippen LogP contribution < -0.4 is 0 Å². The molecule has 2 heterocycles. The molecule has 1 fully saturated rings. The van der Waals surface area contributed by atoms with E-state index in [9.17, 15) is 13.2 Å². The van der Waals surface area contributed by atoms with E-state index in [1.807, 2.05) is 0 Å². The molecule has 0 bridgehead atoms. The van der Waals surface area contributed by atoms with Crippen LogP contribution in [-0.2, 0) is 10.0 Å². The maximum absolute atomic E-state index is 12.8. The van der Waals surface area contributed by atoms with Crippen LogP contribution in [0.1, 0.15) is 10.6 Å². The molecule has 1 aliphatic heterocycles. The first kappa shape index (κ1) is 17.7. The van der Waals surface area contributed by atoms with Gasteiger partial charge in [0.2, 0.25) is 10.0 Å². The van der Waals surface area contributed by atoms with Gasteiger partial charge in [0, 0.05) is 35.1 Å². The Labute approximate surface area is 156 Å². The third-order valence-electron chi connectivity index (χ3n) is 3.77. The molecular weight excluding hydrogens is 464 g/mol. The van der Waals surface area contributed by atoms with Gasteiger partial charge in [0.25, 0.3) is 5.91 Å². The number of rotatable bonds is 3. The molecule has 3 rings (SSSR count). The number of piperazine rings is 1. The molecule has 0 radical (unpaired) electrons. The summed E-state index contributed by atoms with van der Waals surface area (Å²) in [5.41, 5.74) is 0. The van der Waals surface area contributed by atoms with E-state index in [0.29, 0.717) is 22.0 Å². The number of sulfonamides is 1. The molecule has 1 aromatic carbocycles. The lowest BCUT2D eigenvalue weighted by Crippen LogP contribution is -2.50. The van der Waals surface area contributed by atoms with Crippen LogP contribution in [0.25, 0.3) is 0 Å². The second-order valence-electron chi connectivity index (χ2n) is 5.25. The fourth-order valence-corrected chi connectivity index (χ4v) is 5.39. The van der Waals surface area contributed by atoms with Crippen molar-refractivity contribution in [1.29, 1.82) is 0 Å². The van der Waals surface area contributed by atoms with Crippen LogP contribution in [0.5, 0.6) is 0 Å². The highest BCUT2D eigenvalue weighted by Gasteiger charge is 2.32. The Balaban J connectivity index is 1.74. The van der Waals surface area contributed by atoms with E-state index in [2.05, 4.69) is 31.9 Å². The molecule has 0 unspecified atom stereocenters. The minimum absolute atomic E-state index is 0.211. The van der Waals surface area contributed by atoms with Crippen molar-refractivity contribution >= 4 is 47.8 Å². The van der Waals surface area contributed by atoms with E-state index < -0.39 is 10.0 Å². The first-order valence-electron chi connectivity index (χ1n) is 7.17. The maximum Gasteiger partial charge on any atom is 0.289 e. The molecule has 128 valence electrons. The van der Waals surface area contributed by atoms with E-state index in [-0.39, 0.29) is 29.7 Å². The Bertz CT molecular complexity index is 844. The van der Waals surface area contributed by atoms with Crippen molar-refractivity contribution in [3.05, 3.63) is 51.3 Å². The first-order chi connectivity index (χ1) is 11.4. The van der Waals surface area contributed by atoms with E-state index in [1.54, 1.807) is 35.2 Å². The van der Waals surface area contributed by atoms with Gasteiger partial charge in [-0.15, -0.1) is 0 Å². The molecule has 1 amide bonds. The molecule has 1 saturated heterocycles. The van der Waals surface area contributed by atoms with Crippen LogP contribution in [0.4, 0.5) is 0 Å². The molecule has 0 aliphatic carbocycles. The molecule has 0 N–H and O–H groups in total. The lowest BCUT2D eigenvalue weighted by Gasteiger charge is -2.33. The minimum atomic E-state index is -3.62. The highest BCUT2D eigenvalue weighted by atomic mass is 79.9. The number of hydrogen-bond donors (Lipinski definition) is 0. The summed E-state index contributed by atoms with van der Waals surface area (Å²) in [5, 5.41) is 0. The van der Waals surface area contributed by atoms with Crippen LogP contribution in [0.3, 0.4) is 0 Å². The monoisotopic (exact) mass is 476 g/mol. The van der Waals surface area contributed by atoms with Gasteiger partial charge in [0.05, 0.1) is 11.2 Å². The zero-order chi connectivity index (χ0) is 17.3. The number of benzene rings is 1.